The number of hydrogen-bond donors (Lipinski definition) is 1. The van der Waals surface area contributed by atoms with Gasteiger partial charge in [-0.15, -0.1) is 0 Å². The molecule has 0 saturated carbocycles. The van der Waals surface area contributed by atoms with Crippen LogP contribution in [0.15, 0.2) is 22.7 Å². The Morgan fingerprint density at radius 3 is 3.00 bits per heavy atom. The van der Waals surface area contributed by atoms with Crippen LogP contribution in [0.2, 0.25) is 5.02 Å². The van der Waals surface area contributed by atoms with Gasteiger partial charge in [0.2, 0.25) is 5.91 Å². The van der Waals surface area contributed by atoms with Gasteiger partial charge >= 0.3 is 0 Å². The number of hydrogen-bond acceptors (Lipinski definition) is 3. The Morgan fingerprint density at radius 2 is 2.32 bits per heavy atom. The van der Waals surface area contributed by atoms with Crippen LogP contribution in [0.25, 0.3) is 0 Å². The number of rotatable bonds is 3. The Bertz CT molecular complexity index is 510. The first-order valence-corrected chi connectivity index (χ1v) is 6.85. The first-order chi connectivity index (χ1) is 9.06. The summed E-state index contributed by atoms with van der Waals surface area (Å²) < 4.78 is 6.20. The molecule has 0 radical (unpaired) electrons. The third kappa shape index (κ3) is 3.84. The Morgan fingerprint density at radius 1 is 1.53 bits per heavy atom. The molecular weight excluding hydrogens is 336 g/mol. The molecule has 2 amide bonds. The summed E-state index contributed by atoms with van der Waals surface area (Å²) in [5.74, 6) is 0.0646. The summed E-state index contributed by atoms with van der Waals surface area (Å²) in [4.78, 5) is 24.5. The average molecular weight is 348 g/mol. The molecule has 1 aliphatic heterocycles. The van der Waals surface area contributed by atoms with Crippen LogP contribution in [0.4, 0.5) is 0 Å². The van der Waals surface area contributed by atoms with Crippen molar-refractivity contribution in [3.8, 4) is 5.75 Å². The van der Waals surface area contributed by atoms with Crippen molar-refractivity contribution in [2.24, 2.45) is 0 Å². The molecule has 0 atom stereocenters. The van der Waals surface area contributed by atoms with Crippen LogP contribution in [0.5, 0.6) is 5.75 Å². The van der Waals surface area contributed by atoms with E-state index in [1.54, 1.807) is 18.2 Å². The van der Waals surface area contributed by atoms with E-state index in [4.69, 9.17) is 16.3 Å². The van der Waals surface area contributed by atoms with Crippen molar-refractivity contribution in [3.63, 3.8) is 0 Å². The maximum absolute atomic E-state index is 11.9. The van der Waals surface area contributed by atoms with Gasteiger partial charge in [0.05, 0.1) is 11.6 Å². The number of carbonyl (C=O) groups is 2. The number of amides is 2. The van der Waals surface area contributed by atoms with Crippen LogP contribution in [0.1, 0.15) is 0 Å². The minimum Gasteiger partial charge on any atom is -0.482 e. The zero-order valence-electron chi connectivity index (χ0n) is 9.99. The molecule has 0 aromatic heterocycles. The molecule has 102 valence electrons. The third-order valence-electron chi connectivity index (χ3n) is 2.64. The Kier molecular flexibility index (Phi) is 4.66. The van der Waals surface area contributed by atoms with Crippen molar-refractivity contribution >= 4 is 39.3 Å². The molecule has 1 N–H and O–H groups in total. The number of halogens is 2. The van der Waals surface area contributed by atoms with Gasteiger partial charge in [-0.05, 0) is 18.2 Å². The zero-order valence-corrected chi connectivity index (χ0v) is 12.3. The largest absolute Gasteiger partial charge is 0.482 e. The lowest BCUT2D eigenvalue weighted by Crippen LogP contribution is -2.51. The van der Waals surface area contributed by atoms with E-state index in [1.807, 2.05) is 0 Å². The highest BCUT2D eigenvalue weighted by atomic mass is 79.9. The maximum atomic E-state index is 11.9. The lowest BCUT2D eigenvalue weighted by atomic mass is 10.3. The van der Waals surface area contributed by atoms with Crippen molar-refractivity contribution < 1.29 is 14.3 Å². The second kappa shape index (κ2) is 6.25. The molecule has 1 aliphatic rings. The predicted molar refractivity (Wildman–Crippen MR) is 74.2 cm³/mol. The molecule has 0 aliphatic carbocycles. The van der Waals surface area contributed by atoms with Crippen molar-refractivity contribution in [2.45, 2.75) is 0 Å². The van der Waals surface area contributed by atoms with Gasteiger partial charge in [-0.1, -0.05) is 27.5 Å². The number of benzene rings is 1. The molecule has 1 aromatic carbocycles. The quantitative estimate of drug-likeness (QED) is 0.900. The van der Waals surface area contributed by atoms with E-state index in [9.17, 15) is 9.59 Å². The fourth-order valence-electron chi connectivity index (χ4n) is 1.67. The van der Waals surface area contributed by atoms with Crippen LogP contribution in [0.3, 0.4) is 0 Å². The lowest BCUT2D eigenvalue weighted by molar-refractivity contribution is -0.139. The Labute approximate surface area is 124 Å². The molecule has 7 heteroatoms. The van der Waals surface area contributed by atoms with Crippen LogP contribution >= 0.6 is 27.5 Å². The summed E-state index contributed by atoms with van der Waals surface area (Å²) in [5, 5.41) is 3.09. The molecule has 1 fully saturated rings. The van der Waals surface area contributed by atoms with Gasteiger partial charge in [0.25, 0.3) is 5.91 Å². The number of nitrogens with one attached hydrogen (secondary N) is 1. The fourth-order valence-corrected chi connectivity index (χ4v) is 2.40. The van der Waals surface area contributed by atoms with E-state index in [-0.39, 0.29) is 25.0 Å². The van der Waals surface area contributed by atoms with Gasteiger partial charge < -0.3 is 15.0 Å². The monoisotopic (exact) mass is 346 g/mol. The summed E-state index contributed by atoms with van der Waals surface area (Å²) in [6, 6.07) is 5.15. The molecule has 1 aromatic rings. The van der Waals surface area contributed by atoms with E-state index < -0.39 is 0 Å². The summed E-state index contributed by atoms with van der Waals surface area (Å²) >= 11 is 9.26. The SMILES string of the molecule is O=C1CN(C(=O)COc2ccc(Br)cc2Cl)CCN1. The number of ether oxygens (including phenoxy) is 1. The van der Waals surface area contributed by atoms with Crippen LogP contribution in [-0.2, 0) is 9.59 Å². The highest BCUT2D eigenvalue weighted by molar-refractivity contribution is 9.10. The summed E-state index contributed by atoms with van der Waals surface area (Å²) in [7, 11) is 0. The predicted octanol–water partition coefficient (Wildman–Crippen LogP) is 1.44. The Hall–Kier alpha value is -1.27. The Balaban J connectivity index is 1.91. The topological polar surface area (TPSA) is 58.6 Å². The van der Waals surface area contributed by atoms with Gasteiger partial charge in [-0.25, -0.2) is 0 Å². The van der Waals surface area contributed by atoms with Gasteiger partial charge in [-0.2, -0.15) is 0 Å². The molecule has 19 heavy (non-hydrogen) atoms. The van der Waals surface area contributed by atoms with Gasteiger partial charge in [-0.3, -0.25) is 9.59 Å². The normalized spacial score (nSPS) is 15.1. The van der Waals surface area contributed by atoms with Gasteiger partial charge in [0, 0.05) is 17.6 Å². The summed E-state index contributed by atoms with van der Waals surface area (Å²) in [5.41, 5.74) is 0. The second-order valence-electron chi connectivity index (χ2n) is 4.03. The highest BCUT2D eigenvalue weighted by Crippen LogP contribution is 2.27. The minimum absolute atomic E-state index is 0.0796. The molecule has 5 nitrogen and oxygen atoms in total. The summed E-state index contributed by atoms with van der Waals surface area (Å²) in [6.07, 6.45) is 0. The number of carbonyl (C=O) groups excluding carboxylic acids is 2. The molecular formula is C12H12BrClN2O3. The molecule has 0 unspecified atom stereocenters. The van der Waals surface area contributed by atoms with Crippen molar-refractivity contribution in [3.05, 3.63) is 27.7 Å². The standard InChI is InChI=1S/C12H12BrClN2O3/c13-8-1-2-10(9(14)5-8)19-7-12(18)16-4-3-15-11(17)6-16/h1-2,5H,3-4,6-7H2,(H,15,17). The number of piperazine rings is 1. The first kappa shape index (κ1) is 14.1. The van der Waals surface area contributed by atoms with Crippen LogP contribution in [-0.4, -0.2) is 43.0 Å². The molecule has 1 saturated heterocycles. The van der Waals surface area contributed by atoms with Crippen molar-refractivity contribution in [2.75, 3.05) is 26.2 Å². The minimum atomic E-state index is -0.228. The fraction of sp³-hybridized carbons (Fsp3) is 0.333. The van der Waals surface area contributed by atoms with Crippen LogP contribution < -0.4 is 10.1 Å². The van der Waals surface area contributed by atoms with Gasteiger partial charge in [0.1, 0.15) is 5.75 Å². The lowest BCUT2D eigenvalue weighted by Gasteiger charge is -2.26. The van der Waals surface area contributed by atoms with E-state index in [2.05, 4.69) is 21.2 Å². The molecule has 1 heterocycles. The summed E-state index contributed by atoms with van der Waals surface area (Å²) in [6.45, 7) is 0.927. The first-order valence-electron chi connectivity index (χ1n) is 5.68. The van der Waals surface area contributed by atoms with E-state index in [0.717, 1.165) is 4.47 Å². The molecule has 0 spiro atoms. The second-order valence-corrected chi connectivity index (χ2v) is 5.35. The van der Waals surface area contributed by atoms with E-state index in [0.29, 0.717) is 23.9 Å². The molecule has 2 rings (SSSR count). The third-order valence-corrected chi connectivity index (χ3v) is 3.42. The van der Waals surface area contributed by atoms with Gasteiger partial charge in [0.15, 0.2) is 6.61 Å². The average Bonchev–Trinajstić information content (AvgIpc) is 2.37. The van der Waals surface area contributed by atoms with Crippen molar-refractivity contribution in [1.29, 1.82) is 0 Å². The zero-order chi connectivity index (χ0) is 13.8. The maximum Gasteiger partial charge on any atom is 0.261 e. The van der Waals surface area contributed by atoms with Crippen molar-refractivity contribution in [1.82, 2.24) is 10.2 Å². The van der Waals surface area contributed by atoms with E-state index in [1.165, 1.54) is 4.90 Å². The smallest absolute Gasteiger partial charge is 0.261 e. The van der Waals surface area contributed by atoms with Crippen LogP contribution in [0, 0.1) is 0 Å². The highest BCUT2D eigenvalue weighted by Gasteiger charge is 2.21. The molecule has 0 bridgehead atoms. The number of nitrogens with zero attached hydrogens (tertiary/aromatic N) is 1. The van der Waals surface area contributed by atoms with E-state index >= 15 is 0 Å².